The molecule has 0 heterocycles. The van der Waals surface area contributed by atoms with E-state index >= 15 is 0 Å². The maximum absolute atomic E-state index is 13.2. The van der Waals surface area contributed by atoms with Crippen molar-refractivity contribution in [2.45, 2.75) is 13.0 Å². The summed E-state index contributed by atoms with van der Waals surface area (Å²) in [5, 5.41) is 3.68. The molecule has 2 nitrogen and oxygen atoms in total. The molecule has 1 N–H and O–H groups in total. The van der Waals surface area contributed by atoms with Crippen molar-refractivity contribution in [2.75, 3.05) is 12.4 Å². The molecule has 0 aliphatic rings. The molecular formula is C15H15ClFNO. The number of hydrogen-bond acceptors (Lipinski definition) is 2. The van der Waals surface area contributed by atoms with Gasteiger partial charge in [0.1, 0.15) is 11.6 Å². The first-order valence-electron chi connectivity index (χ1n) is 5.96. The van der Waals surface area contributed by atoms with E-state index in [0.29, 0.717) is 10.7 Å². The quantitative estimate of drug-likeness (QED) is 0.879. The van der Waals surface area contributed by atoms with Crippen LogP contribution in [0.15, 0.2) is 42.5 Å². The third-order valence-electron chi connectivity index (χ3n) is 2.91. The number of halogens is 2. The third-order valence-corrected chi connectivity index (χ3v) is 3.24. The normalized spacial score (nSPS) is 12.0. The minimum Gasteiger partial charge on any atom is -0.496 e. The number of anilines is 1. The van der Waals surface area contributed by atoms with Crippen molar-refractivity contribution >= 4 is 17.3 Å². The summed E-state index contributed by atoms with van der Waals surface area (Å²) in [6.45, 7) is 1.97. The monoisotopic (exact) mass is 279 g/mol. The molecule has 0 bridgehead atoms. The van der Waals surface area contributed by atoms with E-state index < -0.39 is 0 Å². The molecule has 0 spiro atoms. The average molecular weight is 280 g/mol. The van der Waals surface area contributed by atoms with Crippen LogP contribution in [0.1, 0.15) is 18.5 Å². The van der Waals surface area contributed by atoms with E-state index in [1.807, 2.05) is 31.2 Å². The third kappa shape index (κ3) is 3.18. The Labute approximate surface area is 117 Å². The van der Waals surface area contributed by atoms with Crippen molar-refractivity contribution in [2.24, 2.45) is 0 Å². The average Bonchev–Trinajstić information content (AvgIpc) is 2.42. The van der Waals surface area contributed by atoms with E-state index in [9.17, 15) is 4.39 Å². The molecule has 4 heteroatoms. The Kier molecular flexibility index (Phi) is 4.27. The van der Waals surface area contributed by atoms with Crippen molar-refractivity contribution in [1.29, 1.82) is 0 Å². The maximum Gasteiger partial charge on any atom is 0.125 e. The highest BCUT2D eigenvalue weighted by Gasteiger charge is 2.12. The first-order chi connectivity index (χ1) is 9.11. The second-order valence-electron chi connectivity index (χ2n) is 4.23. The lowest BCUT2D eigenvalue weighted by Gasteiger charge is -2.19. The molecule has 2 aromatic rings. The summed E-state index contributed by atoms with van der Waals surface area (Å²) in [5.41, 5.74) is 1.56. The van der Waals surface area contributed by atoms with Gasteiger partial charge in [0.15, 0.2) is 0 Å². The zero-order valence-electron chi connectivity index (χ0n) is 10.8. The van der Waals surface area contributed by atoms with Crippen LogP contribution in [-0.2, 0) is 0 Å². The number of hydrogen-bond donors (Lipinski definition) is 1. The smallest absolute Gasteiger partial charge is 0.125 e. The Bertz CT molecular complexity index is 574. The summed E-state index contributed by atoms with van der Waals surface area (Å²) in [5.74, 6) is 0.467. The van der Waals surface area contributed by atoms with Crippen LogP contribution < -0.4 is 10.1 Å². The van der Waals surface area contributed by atoms with Crippen molar-refractivity contribution < 1.29 is 9.13 Å². The fourth-order valence-corrected chi connectivity index (χ4v) is 2.12. The van der Waals surface area contributed by atoms with E-state index in [-0.39, 0.29) is 11.9 Å². The lowest BCUT2D eigenvalue weighted by atomic mass is 10.1. The molecule has 0 amide bonds. The second kappa shape index (κ2) is 5.93. The Morgan fingerprint density at radius 1 is 1.21 bits per heavy atom. The number of rotatable bonds is 4. The van der Waals surface area contributed by atoms with Crippen LogP contribution in [0.4, 0.5) is 10.1 Å². The van der Waals surface area contributed by atoms with E-state index in [4.69, 9.17) is 16.3 Å². The van der Waals surface area contributed by atoms with Crippen LogP contribution in [0.25, 0.3) is 0 Å². The van der Waals surface area contributed by atoms with Gasteiger partial charge in [0.2, 0.25) is 0 Å². The summed E-state index contributed by atoms with van der Waals surface area (Å²) >= 11 is 6.04. The molecule has 1 unspecified atom stereocenters. The number of methoxy groups -OCH3 is 1. The molecule has 0 saturated carbocycles. The number of benzene rings is 2. The summed E-state index contributed by atoms with van der Waals surface area (Å²) in [6, 6.07) is 11.9. The van der Waals surface area contributed by atoms with Crippen LogP contribution in [0.5, 0.6) is 5.75 Å². The molecule has 0 fully saturated rings. The highest BCUT2D eigenvalue weighted by molar-refractivity contribution is 6.33. The SMILES string of the molecule is COc1ccccc1C(C)Nc1cc(F)ccc1Cl. The van der Waals surface area contributed by atoms with Gasteiger partial charge >= 0.3 is 0 Å². The van der Waals surface area contributed by atoms with Crippen molar-refractivity contribution in [3.05, 3.63) is 58.9 Å². The molecule has 2 aromatic carbocycles. The summed E-state index contributed by atoms with van der Waals surface area (Å²) in [7, 11) is 1.63. The lowest BCUT2D eigenvalue weighted by molar-refractivity contribution is 0.408. The first-order valence-corrected chi connectivity index (χ1v) is 6.34. The standard InChI is InChI=1S/C15H15ClFNO/c1-10(12-5-3-4-6-15(12)19-2)18-14-9-11(17)7-8-13(14)16/h3-10,18H,1-2H3. The number of ether oxygens (including phenoxy) is 1. The number of para-hydroxylation sites is 1. The molecular weight excluding hydrogens is 265 g/mol. The molecule has 1 atom stereocenters. The Morgan fingerprint density at radius 2 is 1.95 bits per heavy atom. The van der Waals surface area contributed by atoms with Crippen LogP contribution in [0, 0.1) is 5.82 Å². The summed E-state index contributed by atoms with van der Waals surface area (Å²) < 4.78 is 18.5. The zero-order valence-corrected chi connectivity index (χ0v) is 11.5. The molecule has 0 aromatic heterocycles. The highest BCUT2D eigenvalue weighted by Crippen LogP contribution is 2.30. The van der Waals surface area contributed by atoms with Crippen LogP contribution in [-0.4, -0.2) is 7.11 Å². The zero-order chi connectivity index (χ0) is 13.8. The van der Waals surface area contributed by atoms with Crippen molar-refractivity contribution in [3.8, 4) is 5.75 Å². The Hall–Kier alpha value is -1.74. The fraction of sp³-hybridized carbons (Fsp3) is 0.200. The predicted octanol–water partition coefficient (Wildman–Crippen LogP) is 4.66. The van der Waals surface area contributed by atoms with Gasteiger partial charge in [-0.05, 0) is 31.2 Å². The van der Waals surface area contributed by atoms with E-state index in [1.54, 1.807) is 7.11 Å². The van der Waals surface area contributed by atoms with Crippen molar-refractivity contribution in [3.63, 3.8) is 0 Å². The van der Waals surface area contributed by atoms with Gasteiger partial charge in [-0.1, -0.05) is 29.8 Å². The van der Waals surface area contributed by atoms with Gasteiger partial charge in [0, 0.05) is 5.56 Å². The molecule has 0 radical (unpaired) electrons. The van der Waals surface area contributed by atoms with Gasteiger partial charge in [-0.3, -0.25) is 0 Å². The van der Waals surface area contributed by atoms with Gasteiger partial charge in [0.05, 0.1) is 23.9 Å². The van der Waals surface area contributed by atoms with Crippen LogP contribution in [0.3, 0.4) is 0 Å². The maximum atomic E-state index is 13.2. The molecule has 0 saturated heterocycles. The van der Waals surface area contributed by atoms with E-state index in [0.717, 1.165) is 11.3 Å². The predicted molar refractivity (Wildman–Crippen MR) is 76.4 cm³/mol. The van der Waals surface area contributed by atoms with E-state index in [2.05, 4.69) is 5.32 Å². The molecule has 2 rings (SSSR count). The van der Waals surface area contributed by atoms with Crippen molar-refractivity contribution in [1.82, 2.24) is 0 Å². The Balaban J connectivity index is 2.25. The largest absolute Gasteiger partial charge is 0.496 e. The summed E-state index contributed by atoms with van der Waals surface area (Å²) in [6.07, 6.45) is 0. The van der Waals surface area contributed by atoms with Gasteiger partial charge in [-0.25, -0.2) is 4.39 Å². The number of nitrogens with one attached hydrogen (secondary N) is 1. The van der Waals surface area contributed by atoms with Crippen LogP contribution >= 0.6 is 11.6 Å². The van der Waals surface area contributed by atoms with Gasteiger partial charge in [-0.15, -0.1) is 0 Å². The van der Waals surface area contributed by atoms with Gasteiger partial charge < -0.3 is 10.1 Å². The molecule has 100 valence electrons. The first kappa shape index (κ1) is 13.7. The second-order valence-corrected chi connectivity index (χ2v) is 4.64. The van der Waals surface area contributed by atoms with Gasteiger partial charge in [0.25, 0.3) is 0 Å². The minimum absolute atomic E-state index is 0.0459. The van der Waals surface area contributed by atoms with Crippen LogP contribution in [0.2, 0.25) is 5.02 Å². The lowest BCUT2D eigenvalue weighted by Crippen LogP contribution is -2.08. The fourth-order valence-electron chi connectivity index (χ4n) is 1.94. The highest BCUT2D eigenvalue weighted by atomic mass is 35.5. The molecule has 0 aliphatic heterocycles. The van der Waals surface area contributed by atoms with E-state index in [1.165, 1.54) is 18.2 Å². The molecule has 0 aliphatic carbocycles. The minimum atomic E-state index is -0.320. The Morgan fingerprint density at radius 3 is 2.68 bits per heavy atom. The molecule has 19 heavy (non-hydrogen) atoms. The topological polar surface area (TPSA) is 21.3 Å². The summed E-state index contributed by atoms with van der Waals surface area (Å²) in [4.78, 5) is 0. The van der Waals surface area contributed by atoms with Gasteiger partial charge in [-0.2, -0.15) is 0 Å².